The van der Waals surface area contributed by atoms with Crippen LogP contribution in [0.3, 0.4) is 0 Å². The van der Waals surface area contributed by atoms with E-state index in [2.05, 4.69) is 0 Å². The molecule has 0 bridgehead atoms. The van der Waals surface area contributed by atoms with Crippen LogP contribution >= 0.6 is 0 Å². The van der Waals surface area contributed by atoms with Crippen molar-refractivity contribution in [1.82, 2.24) is 0 Å². The van der Waals surface area contributed by atoms with E-state index in [-0.39, 0.29) is 5.91 Å². The molecule has 0 radical (unpaired) electrons. The van der Waals surface area contributed by atoms with Gasteiger partial charge in [-0.05, 0) is 25.2 Å². The molecule has 1 heterocycles. The Morgan fingerprint density at radius 1 is 1.36 bits per heavy atom. The van der Waals surface area contributed by atoms with Crippen molar-refractivity contribution in [3.63, 3.8) is 0 Å². The van der Waals surface area contributed by atoms with Crippen LogP contribution in [0.1, 0.15) is 25.7 Å². The molecular formula is C9H16N2O3. The maximum absolute atomic E-state index is 10.8. The molecule has 4 N–H and O–H groups in total. The maximum Gasteiger partial charge on any atom is 0.246 e. The van der Waals surface area contributed by atoms with E-state index in [1.807, 2.05) is 0 Å². The molecule has 2 amide bonds. The number of nitrogens with two attached hydrogens (primary N) is 2. The summed E-state index contributed by atoms with van der Waals surface area (Å²) in [7, 11) is 0. The van der Waals surface area contributed by atoms with Crippen LogP contribution in [-0.2, 0) is 14.3 Å². The first kappa shape index (κ1) is 11.0. The molecule has 0 aliphatic carbocycles. The SMILES string of the molecule is NC(=O)CCC1CCO[C@H](C(N)=O)C1. The zero-order chi connectivity index (χ0) is 10.6. The summed E-state index contributed by atoms with van der Waals surface area (Å²) >= 11 is 0. The molecule has 5 heteroatoms. The second kappa shape index (κ2) is 4.95. The highest BCUT2D eigenvalue weighted by Crippen LogP contribution is 2.23. The van der Waals surface area contributed by atoms with E-state index in [0.717, 1.165) is 12.8 Å². The van der Waals surface area contributed by atoms with Crippen molar-refractivity contribution in [2.75, 3.05) is 6.61 Å². The zero-order valence-electron chi connectivity index (χ0n) is 8.07. The summed E-state index contributed by atoms with van der Waals surface area (Å²) in [6, 6.07) is 0. The lowest BCUT2D eigenvalue weighted by Crippen LogP contribution is -2.37. The van der Waals surface area contributed by atoms with Gasteiger partial charge in [-0.1, -0.05) is 0 Å². The van der Waals surface area contributed by atoms with Gasteiger partial charge in [-0.3, -0.25) is 9.59 Å². The minimum absolute atomic E-state index is 0.299. The van der Waals surface area contributed by atoms with Crippen molar-refractivity contribution >= 4 is 11.8 Å². The second-order valence-corrected chi connectivity index (χ2v) is 3.66. The van der Waals surface area contributed by atoms with Gasteiger partial charge in [-0.2, -0.15) is 0 Å². The van der Waals surface area contributed by atoms with E-state index >= 15 is 0 Å². The summed E-state index contributed by atoms with van der Waals surface area (Å²) in [5.41, 5.74) is 10.2. The molecule has 2 atom stereocenters. The summed E-state index contributed by atoms with van der Waals surface area (Å²) in [6.45, 7) is 0.539. The number of amides is 2. The summed E-state index contributed by atoms with van der Waals surface area (Å²) in [5.74, 6) is -0.394. The molecule has 0 spiro atoms. The molecule has 1 unspecified atom stereocenters. The molecule has 1 fully saturated rings. The number of ether oxygens (including phenoxy) is 1. The first-order chi connectivity index (χ1) is 6.59. The van der Waals surface area contributed by atoms with Crippen LogP contribution in [0, 0.1) is 5.92 Å². The third kappa shape index (κ3) is 3.33. The molecule has 1 aliphatic heterocycles. The van der Waals surface area contributed by atoms with E-state index in [4.69, 9.17) is 16.2 Å². The highest BCUT2D eigenvalue weighted by atomic mass is 16.5. The van der Waals surface area contributed by atoms with Crippen LogP contribution in [0.2, 0.25) is 0 Å². The van der Waals surface area contributed by atoms with E-state index in [1.165, 1.54) is 0 Å². The van der Waals surface area contributed by atoms with E-state index in [0.29, 0.717) is 25.4 Å². The number of hydrogen-bond acceptors (Lipinski definition) is 3. The van der Waals surface area contributed by atoms with Crippen LogP contribution in [0.25, 0.3) is 0 Å². The molecule has 0 aromatic carbocycles. The van der Waals surface area contributed by atoms with Crippen molar-refractivity contribution in [2.45, 2.75) is 31.8 Å². The Labute approximate surface area is 82.8 Å². The van der Waals surface area contributed by atoms with Gasteiger partial charge in [0, 0.05) is 13.0 Å². The molecule has 5 nitrogen and oxygen atoms in total. The normalized spacial score (nSPS) is 27.1. The molecule has 1 aliphatic rings. The predicted octanol–water partition coefficient (Wildman–Crippen LogP) is -0.468. The Morgan fingerprint density at radius 2 is 2.07 bits per heavy atom. The van der Waals surface area contributed by atoms with Crippen molar-refractivity contribution in [3.8, 4) is 0 Å². The van der Waals surface area contributed by atoms with Crippen molar-refractivity contribution in [1.29, 1.82) is 0 Å². The third-order valence-electron chi connectivity index (χ3n) is 2.51. The van der Waals surface area contributed by atoms with Gasteiger partial charge in [-0.15, -0.1) is 0 Å². The average molecular weight is 200 g/mol. The smallest absolute Gasteiger partial charge is 0.246 e. The topological polar surface area (TPSA) is 95.4 Å². The van der Waals surface area contributed by atoms with Gasteiger partial charge in [-0.25, -0.2) is 0 Å². The molecule has 1 saturated heterocycles. The molecular weight excluding hydrogens is 184 g/mol. The number of primary amides is 2. The fourth-order valence-electron chi connectivity index (χ4n) is 1.67. The van der Waals surface area contributed by atoms with E-state index in [1.54, 1.807) is 0 Å². The van der Waals surface area contributed by atoms with Gasteiger partial charge < -0.3 is 16.2 Å². The Balaban J connectivity index is 2.32. The van der Waals surface area contributed by atoms with Gasteiger partial charge in [0.2, 0.25) is 11.8 Å². The quantitative estimate of drug-likeness (QED) is 0.642. The van der Waals surface area contributed by atoms with Crippen LogP contribution in [0.5, 0.6) is 0 Å². The lowest BCUT2D eigenvalue weighted by Gasteiger charge is -2.27. The fourth-order valence-corrected chi connectivity index (χ4v) is 1.67. The molecule has 0 aromatic rings. The number of rotatable bonds is 4. The molecule has 1 rings (SSSR count). The zero-order valence-corrected chi connectivity index (χ0v) is 8.07. The second-order valence-electron chi connectivity index (χ2n) is 3.66. The summed E-state index contributed by atoms with van der Waals surface area (Å²) in [5, 5.41) is 0. The minimum atomic E-state index is -0.485. The summed E-state index contributed by atoms with van der Waals surface area (Å²) < 4.78 is 5.19. The van der Waals surface area contributed by atoms with E-state index in [9.17, 15) is 9.59 Å². The fraction of sp³-hybridized carbons (Fsp3) is 0.778. The molecule has 80 valence electrons. The molecule has 0 aromatic heterocycles. The predicted molar refractivity (Wildman–Crippen MR) is 50.1 cm³/mol. The summed E-state index contributed by atoms with van der Waals surface area (Å²) in [4.78, 5) is 21.4. The van der Waals surface area contributed by atoms with Crippen LogP contribution < -0.4 is 11.5 Å². The van der Waals surface area contributed by atoms with E-state index < -0.39 is 12.0 Å². The Bertz CT molecular complexity index is 230. The lowest BCUT2D eigenvalue weighted by molar-refractivity contribution is -0.134. The minimum Gasteiger partial charge on any atom is -0.370 e. The van der Waals surface area contributed by atoms with Gasteiger partial charge in [0.15, 0.2) is 0 Å². The lowest BCUT2D eigenvalue weighted by atomic mass is 9.91. The van der Waals surface area contributed by atoms with Crippen LogP contribution in [0.15, 0.2) is 0 Å². The van der Waals surface area contributed by atoms with Crippen molar-refractivity contribution in [2.24, 2.45) is 17.4 Å². The highest BCUT2D eigenvalue weighted by molar-refractivity contribution is 5.78. The monoisotopic (exact) mass is 200 g/mol. The average Bonchev–Trinajstić information content (AvgIpc) is 2.15. The maximum atomic E-state index is 10.8. The van der Waals surface area contributed by atoms with Crippen molar-refractivity contribution in [3.05, 3.63) is 0 Å². The Kier molecular flexibility index (Phi) is 3.88. The summed E-state index contributed by atoms with van der Waals surface area (Å²) in [6.07, 6.45) is 2.10. The number of hydrogen-bond donors (Lipinski definition) is 2. The standard InChI is InChI=1S/C9H16N2O3/c10-8(12)2-1-6-3-4-14-7(5-6)9(11)13/h6-7H,1-5H2,(H2,10,12)(H2,11,13)/t6?,7-/m0/s1. The van der Waals surface area contributed by atoms with Gasteiger partial charge in [0.05, 0.1) is 0 Å². The highest BCUT2D eigenvalue weighted by Gasteiger charge is 2.26. The molecule has 14 heavy (non-hydrogen) atoms. The van der Waals surface area contributed by atoms with Gasteiger partial charge in [0.1, 0.15) is 6.10 Å². The molecule has 0 saturated carbocycles. The van der Waals surface area contributed by atoms with Gasteiger partial charge >= 0.3 is 0 Å². The van der Waals surface area contributed by atoms with Crippen LogP contribution in [0.4, 0.5) is 0 Å². The van der Waals surface area contributed by atoms with Gasteiger partial charge in [0.25, 0.3) is 0 Å². The largest absolute Gasteiger partial charge is 0.370 e. The van der Waals surface area contributed by atoms with Crippen LogP contribution in [-0.4, -0.2) is 24.5 Å². The Hall–Kier alpha value is -1.10. The van der Waals surface area contributed by atoms with Crippen molar-refractivity contribution < 1.29 is 14.3 Å². The number of carbonyl (C=O) groups is 2. The first-order valence-electron chi connectivity index (χ1n) is 4.79. The first-order valence-corrected chi connectivity index (χ1v) is 4.79. The number of carbonyl (C=O) groups excluding carboxylic acids is 2. The Morgan fingerprint density at radius 3 is 2.64 bits per heavy atom. The third-order valence-corrected chi connectivity index (χ3v) is 2.51.